The van der Waals surface area contributed by atoms with E-state index in [9.17, 15) is 10.1 Å². The van der Waals surface area contributed by atoms with Gasteiger partial charge >= 0.3 is 0 Å². The number of pyridine rings is 1. The molecule has 0 bridgehead atoms. The Morgan fingerprint density at radius 2 is 2.33 bits per heavy atom. The lowest BCUT2D eigenvalue weighted by atomic mass is 10.4. The maximum atomic E-state index is 10.4. The van der Waals surface area contributed by atoms with Gasteiger partial charge in [0, 0.05) is 17.7 Å². The van der Waals surface area contributed by atoms with Crippen LogP contribution in [-0.2, 0) is 0 Å². The molecule has 0 aliphatic heterocycles. The van der Waals surface area contributed by atoms with E-state index in [1.165, 1.54) is 24.0 Å². The summed E-state index contributed by atoms with van der Waals surface area (Å²) in [4.78, 5) is 13.8. The second-order valence-corrected chi connectivity index (χ2v) is 4.50. The minimum Gasteiger partial charge on any atom is -0.258 e. The normalized spacial score (nSPS) is 10.3. The fourth-order valence-corrected chi connectivity index (χ4v) is 2.27. The van der Waals surface area contributed by atoms with Gasteiger partial charge < -0.3 is 0 Å². The van der Waals surface area contributed by atoms with Crippen LogP contribution < -0.4 is 0 Å². The number of aromatic nitrogens is 1. The van der Waals surface area contributed by atoms with Crippen LogP contribution in [0, 0.1) is 10.1 Å². The van der Waals surface area contributed by atoms with Crippen LogP contribution >= 0.6 is 35.0 Å². The number of hydrogen-bond donors (Lipinski definition) is 0. The van der Waals surface area contributed by atoms with Crippen molar-refractivity contribution in [1.29, 1.82) is 0 Å². The number of nitrogens with zero attached hydrogens (tertiary/aromatic N) is 2. The largest absolute Gasteiger partial charge is 0.289 e. The summed E-state index contributed by atoms with van der Waals surface area (Å²) in [5, 5.41) is 11.3. The fraction of sp³-hybridized carbons (Fsp3) is 0.375. The van der Waals surface area contributed by atoms with E-state index in [1.54, 1.807) is 0 Å². The van der Waals surface area contributed by atoms with Crippen LogP contribution in [0.4, 0.5) is 5.69 Å². The van der Waals surface area contributed by atoms with Crippen molar-refractivity contribution >= 4 is 40.7 Å². The molecule has 0 unspecified atom stereocenters. The summed E-state index contributed by atoms with van der Waals surface area (Å²) in [6, 6.07) is 1.30. The van der Waals surface area contributed by atoms with E-state index in [0.29, 0.717) is 15.9 Å². The van der Waals surface area contributed by atoms with Crippen molar-refractivity contribution in [3.8, 4) is 0 Å². The van der Waals surface area contributed by atoms with E-state index in [1.807, 2.05) is 0 Å². The zero-order valence-electron chi connectivity index (χ0n) is 7.65. The Hall–Kier alpha value is -0.520. The van der Waals surface area contributed by atoms with Crippen molar-refractivity contribution in [1.82, 2.24) is 4.98 Å². The number of thioether (sulfide) groups is 1. The summed E-state index contributed by atoms with van der Waals surface area (Å²) in [7, 11) is 0. The van der Waals surface area contributed by atoms with Crippen LogP contribution in [0.25, 0.3) is 0 Å². The first kappa shape index (κ1) is 12.5. The van der Waals surface area contributed by atoms with Crippen molar-refractivity contribution in [3.63, 3.8) is 0 Å². The van der Waals surface area contributed by atoms with Gasteiger partial charge in [0.2, 0.25) is 0 Å². The summed E-state index contributed by atoms with van der Waals surface area (Å²) >= 11 is 12.8. The maximum absolute atomic E-state index is 10.4. The first-order valence-corrected chi connectivity index (χ1v) is 6.03. The first-order chi connectivity index (χ1) is 7.15. The molecule has 1 aromatic heterocycles. The van der Waals surface area contributed by atoms with Crippen LogP contribution in [0.2, 0.25) is 5.02 Å². The molecule has 4 nitrogen and oxygen atoms in total. The number of alkyl halides is 1. The molecule has 0 saturated carbocycles. The van der Waals surface area contributed by atoms with Gasteiger partial charge in [0.25, 0.3) is 5.69 Å². The predicted octanol–water partition coefficient (Wildman–Crippen LogP) is 3.36. The van der Waals surface area contributed by atoms with Crippen molar-refractivity contribution < 1.29 is 4.92 Å². The highest BCUT2D eigenvalue weighted by Gasteiger charge is 2.10. The van der Waals surface area contributed by atoms with Gasteiger partial charge in [-0.15, -0.1) is 23.4 Å². The molecule has 0 aliphatic carbocycles. The topological polar surface area (TPSA) is 56.0 Å². The Balaban J connectivity index is 2.70. The third-order valence-electron chi connectivity index (χ3n) is 1.52. The van der Waals surface area contributed by atoms with Crippen molar-refractivity contribution in [2.24, 2.45) is 0 Å². The Morgan fingerprint density at radius 3 is 2.87 bits per heavy atom. The molecule has 0 aromatic carbocycles. The van der Waals surface area contributed by atoms with Crippen molar-refractivity contribution in [2.75, 3.05) is 11.6 Å². The molecule has 82 valence electrons. The van der Waals surface area contributed by atoms with Gasteiger partial charge in [0.1, 0.15) is 11.2 Å². The highest BCUT2D eigenvalue weighted by atomic mass is 35.5. The third kappa shape index (κ3) is 3.85. The molecule has 0 N–H and O–H groups in total. The van der Waals surface area contributed by atoms with Gasteiger partial charge in [0.15, 0.2) is 0 Å². The van der Waals surface area contributed by atoms with Gasteiger partial charge in [-0.05, 0) is 6.42 Å². The molecule has 7 heteroatoms. The van der Waals surface area contributed by atoms with Crippen LogP contribution in [0.15, 0.2) is 17.3 Å². The molecule has 15 heavy (non-hydrogen) atoms. The van der Waals surface area contributed by atoms with Gasteiger partial charge in [-0.2, -0.15) is 0 Å². The average Bonchev–Trinajstić information content (AvgIpc) is 2.20. The second kappa shape index (κ2) is 6.15. The van der Waals surface area contributed by atoms with Crippen LogP contribution in [0.3, 0.4) is 0 Å². The minimum absolute atomic E-state index is 0.0957. The number of halogens is 2. The zero-order valence-corrected chi connectivity index (χ0v) is 9.98. The van der Waals surface area contributed by atoms with E-state index in [2.05, 4.69) is 4.98 Å². The van der Waals surface area contributed by atoms with E-state index in [0.717, 1.165) is 12.2 Å². The summed E-state index contributed by atoms with van der Waals surface area (Å²) in [6.45, 7) is 0. The van der Waals surface area contributed by atoms with Gasteiger partial charge in [0.05, 0.1) is 9.95 Å². The summed E-state index contributed by atoms with van der Waals surface area (Å²) < 4.78 is 0. The summed E-state index contributed by atoms with van der Waals surface area (Å²) in [5.74, 6) is 1.38. The smallest absolute Gasteiger partial charge is 0.258 e. The SMILES string of the molecule is O=[N+]([O-])c1cnc(SCCCCl)c(Cl)c1. The molecule has 0 saturated heterocycles. The predicted molar refractivity (Wildman–Crippen MR) is 62.0 cm³/mol. The van der Waals surface area contributed by atoms with E-state index >= 15 is 0 Å². The fourth-order valence-electron chi connectivity index (χ4n) is 0.845. The van der Waals surface area contributed by atoms with Crippen molar-refractivity contribution in [3.05, 3.63) is 27.4 Å². The summed E-state index contributed by atoms with van der Waals surface area (Å²) in [6.07, 6.45) is 2.05. The molecule has 1 aromatic rings. The maximum Gasteiger partial charge on any atom is 0.289 e. The third-order valence-corrected chi connectivity index (χ3v) is 3.28. The Bertz CT molecular complexity index is 362. The molecule has 0 aliphatic rings. The molecule has 1 heterocycles. The zero-order chi connectivity index (χ0) is 11.3. The van der Waals surface area contributed by atoms with Gasteiger partial charge in [-0.3, -0.25) is 10.1 Å². The Labute approximate surface area is 101 Å². The first-order valence-electron chi connectivity index (χ1n) is 4.14. The number of rotatable bonds is 5. The Morgan fingerprint density at radius 1 is 1.60 bits per heavy atom. The monoisotopic (exact) mass is 266 g/mol. The molecule has 0 amide bonds. The molecule has 0 atom stereocenters. The second-order valence-electron chi connectivity index (χ2n) is 2.63. The van der Waals surface area contributed by atoms with Crippen molar-refractivity contribution in [2.45, 2.75) is 11.4 Å². The van der Waals surface area contributed by atoms with Gasteiger partial charge in [-0.1, -0.05) is 11.6 Å². The lowest BCUT2D eigenvalue weighted by Crippen LogP contribution is -1.91. The van der Waals surface area contributed by atoms with E-state index in [-0.39, 0.29) is 5.69 Å². The van der Waals surface area contributed by atoms with Crippen LogP contribution in [0.5, 0.6) is 0 Å². The molecule has 0 spiro atoms. The molecule has 0 radical (unpaired) electrons. The molecule has 1 rings (SSSR count). The quantitative estimate of drug-likeness (QED) is 0.270. The van der Waals surface area contributed by atoms with Crippen LogP contribution in [-0.4, -0.2) is 21.5 Å². The van der Waals surface area contributed by atoms with Gasteiger partial charge in [-0.25, -0.2) is 4.98 Å². The highest BCUT2D eigenvalue weighted by molar-refractivity contribution is 7.99. The molecular formula is C8H8Cl2N2O2S. The molecular weight excluding hydrogens is 259 g/mol. The highest BCUT2D eigenvalue weighted by Crippen LogP contribution is 2.28. The van der Waals surface area contributed by atoms with Crippen LogP contribution in [0.1, 0.15) is 6.42 Å². The van der Waals surface area contributed by atoms with E-state index < -0.39 is 4.92 Å². The van der Waals surface area contributed by atoms with E-state index in [4.69, 9.17) is 23.2 Å². The summed E-state index contributed by atoms with van der Waals surface area (Å²) in [5.41, 5.74) is -0.0957. The standard InChI is InChI=1S/C8H8Cl2N2O2S/c9-2-1-3-15-8-7(10)4-6(5-11-8)12(13)14/h4-5H,1-3H2. The minimum atomic E-state index is -0.522. The molecule has 0 fully saturated rings. The lowest BCUT2D eigenvalue weighted by Gasteiger charge is -2.01. The number of nitro groups is 1. The Kier molecular flexibility index (Phi) is 5.14. The lowest BCUT2D eigenvalue weighted by molar-refractivity contribution is -0.385. The number of hydrogen-bond acceptors (Lipinski definition) is 4. The average molecular weight is 267 g/mol.